The molecule has 1 aromatic heterocycles. The van der Waals surface area contributed by atoms with Crippen LogP contribution in [0, 0.1) is 6.92 Å². The Kier molecular flexibility index (Phi) is 5.13. The lowest BCUT2D eigenvalue weighted by molar-refractivity contribution is -0.118. The smallest absolute Gasteiger partial charge is 0.264 e. The van der Waals surface area contributed by atoms with Crippen molar-refractivity contribution in [3.8, 4) is 17.0 Å². The number of nitrogens with one attached hydrogen (secondary N) is 1. The summed E-state index contributed by atoms with van der Waals surface area (Å²) >= 11 is 7.43. The largest absolute Gasteiger partial charge is 0.482 e. The maximum absolute atomic E-state index is 12.0. The number of halogens is 1. The molecule has 0 aliphatic heterocycles. The predicted molar refractivity (Wildman–Crippen MR) is 97.9 cm³/mol. The van der Waals surface area contributed by atoms with E-state index in [1.165, 1.54) is 11.3 Å². The Labute approximate surface area is 149 Å². The fraction of sp³-hybridized carbons (Fsp3) is 0.111. The van der Waals surface area contributed by atoms with Gasteiger partial charge in [0.25, 0.3) is 5.91 Å². The van der Waals surface area contributed by atoms with Crippen molar-refractivity contribution in [1.82, 2.24) is 4.98 Å². The quantitative estimate of drug-likeness (QED) is 0.713. The van der Waals surface area contributed by atoms with E-state index in [0.717, 1.165) is 16.1 Å². The summed E-state index contributed by atoms with van der Waals surface area (Å²) < 4.78 is 5.43. The monoisotopic (exact) mass is 358 g/mol. The Morgan fingerprint density at radius 3 is 2.62 bits per heavy atom. The number of aryl methyl sites for hydroxylation is 1. The third-order valence-corrected chi connectivity index (χ3v) is 4.48. The van der Waals surface area contributed by atoms with E-state index in [1.807, 2.05) is 37.3 Å². The number of hydrogen-bond acceptors (Lipinski definition) is 4. The van der Waals surface area contributed by atoms with Crippen molar-refractivity contribution in [2.45, 2.75) is 6.92 Å². The van der Waals surface area contributed by atoms with Gasteiger partial charge in [0.2, 0.25) is 0 Å². The van der Waals surface area contributed by atoms with Crippen molar-refractivity contribution < 1.29 is 9.53 Å². The van der Waals surface area contributed by atoms with Gasteiger partial charge in [-0.2, -0.15) is 0 Å². The molecule has 24 heavy (non-hydrogen) atoms. The number of benzene rings is 2. The minimum atomic E-state index is -0.275. The predicted octanol–water partition coefficient (Wildman–Crippen LogP) is 4.79. The zero-order valence-corrected chi connectivity index (χ0v) is 14.5. The first-order valence-electron chi connectivity index (χ1n) is 7.33. The van der Waals surface area contributed by atoms with Crippen LogP contribution < -0.4 is 10.1 Å². The lowest BCUT2D eigenvalue weighted by Gasteiger charge is -2.07. The molecule has 0 saturated heterocycles. The van der Waals surface area contributed by atoms with Crippen LogP contribution in [0.2, 0.25) is 5.02 Å². The molecule has 0 saturated carbocycles. The highest BCUT2D eigenvalue weighted by molar-refractivity contribution is 7.16. The number of rotatable bonds is 5. The molecule has 0 bridgehead atoms. The third kappa shape index (κ3) is 3.93. The maximum atomic E-state index is 12.0. The Morgan fingerprint density at radius 1 is 1.17 bits per heavy atom. The molecule has 1 heterocycles. The number of hydrogen-bond donors (Lipinski definition) is 1. The third-order valence-electron chi connectivity index (χ3n) is 3.29. The van der Waals surface area contributed by atoms with Crippen LogP contribution in [-0.4, -0.2) is 17.5 Å². The minimum absolute atomic E-state index is 0.122. The molecule has 0 radical (unpaired) electrons. The summed E-state index contributed by atoms with van der Waals surface area (Å²) in [5, 5.41) is 3.79. The van der Waals surface area contributed by atoms with Gasteiger partial charge < -0.3 is 4.74 Å². The molecule has 0 spiro atoms. The van der Waals surface area contributed by atoms with Crippen molar-refractivity contribution in [3.05, 3.63) is 64.5 Å². The fourth-order valence-corrected chi connectivity index (χ4v) is 3.22. The second kappa shape index (κ2) is 7.47. The summed E-state index contributed by atoms with van der Waals surface area (Å²) in [7, 11) is 0. The number of para-hydroxylation sites is 1. The Balaban J connectivity index is 1.64. The lowest BCUT2D eigenvalue weighted by atomic mass is 10.1. The number of carbonyl (C=O) groups excluding carboxylic acids is 1. The van der Waals surface area contributed by atoms with Crippen LogP contribution in [-0.2, 0) is 4.79 Å². The van der Waals surface area contributed by atoms with Crippen LogP contribution in [0.3, 0.4) is 0 Å². The topological polar surface area (TPSA) is 51.2 Å². The van der Waals surface area contributed by atoms with Crippen molar-refractivity contribution in [2.75, 3.05) is 11.9 Å². The Hall–Kier alpha value is -2.37. The van der Waals surface area contributed by atoms with E-state index in [4.69, 9.17) is 16.3 Å². The average Bonchev–Trinajstić information content (AvgIpc) is 2.95. The minimum Gasteiger partial charge on any atom is -0.482 e. The zero-order valence-electron chi connectivity index (χ0n) is 13.0. The van der Waals surface area contributed by atoms with Crippen molar-refractivity contribution >= 4 is 34.0 Å². The van der Waals surface area contributed by atoms with Crippen molar-refractivity contribution in [2.24, 2.45) is 0 Å². The Bertz CT molecular complexity index is 849. The first kappa shape index (κ1) is 16.5. The van der Waals surface area contributed by atoms with Gasteiger partial charge in [-0.25, -0.2) is 4.98 Å². The molecule has 122 valence electrons. The summed E-state index contributed by atoms with van der Waals surface area (Å²) in [6, 6.07) is 16.9. The fourth-order valence-electron chi connectivity index (χ4n) is 2.17. The second-order valence-corrected chi connectivity index (χ2v) is 6.67. The second-order valence-electron chi connectivity index (χ2n) is 5.06. The number of carbonyl (C=O) groups is 1. The number of nitrogens with zero attached hydrogens (tertiary/aromatic N) is 1. The molecule has 3 rings (SSSR count). The van der Waals surface area contributed by atoms with Crippen LogP contribution in [0.25, 0.3) is 11.3 Å². The van der Waals surface area contributed by atoms with Crippen molar-refractivity contribution in [3.63, 3.8) is 0 Å². The molecule has 4 nitrogen and oxygen atoms in total. The van der Waals surface area contributed by atoms with Crippen LogP contribution in [0.1, 0.15) is 4.88 Å². The highest BCUT2D eigenvalue weighted by atomic mass is 35.5. The highest BCUT2D eigenvalue weighted by Crippen LogP contribution is 2.30. The highest BCUT2D eigenvalue weighted by Gasteiger charge is 2.12. The molecule has 0 aliphatic rings. The van der Waals surface area contributed by atoms with E-state index >= 15 is 0 Å². The van der Waals surface area contributed by atoms with E-state index in [0.29, 0.717) is 15.9 Å². The van der Waals surface area contributed by atoms with Crippen LogP contribution in [0.15, 0.2) is 54.6 Å². The van der Waals surface area contributed by atoms with E-state index in [1.54, 1.807) is 24.3 Å². The van der Waals surface area contributed by atoms with Gasteiger partial charge in [-0.05, 0) is 19.1 Å². The van der Waals surface area contributed by atoms with Gasteiger partial charge in [0, 0.05) is 10.4 Å². The molecule has 1 amide bonds. The van der Waals surface area contributed by atoms with E-state index in [-0.39, 0.29) is 12.5 Å². The summed E-state index contributed by atoms with van der Waals surface area (Å²) in [5.74, 6) is 0.206. The van der Waals surface area contributed by atoms with Gasteiger partial charge in [0.05, 0.1) is 10.7 Å². The van der Waals surface area contributed by atoms with Gasteiger partial charge in [-0.15, -0.1) is 11.3 Å². The standard InChI is InChI=1S/C18H15ClN2O2S/c1-12-17(13-7-3-2-4-8-13)21-18(24-12)20-16(22)11-23-15-10-6-5-9-14(15)19/h2-10H,11H2,1H3,(H,20,21,22). The van der Waals surface area contributed by atoms with Crippen LogP contribution in [0.4, 0.5) is 5.13 Å². The number of anilines is 1. The maximum Gasteiger partial charge on any atom is 0.264 e. The van der Waals surface area contributed by atoms with E-state index in [9.17, 15) is 4.79 Å². The molecule has 0 unspecified atom stereocenters. The lowest BCUT2D eigenvalue weighted by Crippen LogP contribution is -2.20. The van der Waals surface area contributed by atoms with Gasteiger partial charge in [0.15, 0.2) is 11.7 Å². The Morgan fingerprint density at radius 2 is 1.88 bits per heavy atom. The first-order chi connectivity index (χ1) is 11.6. The molecular weight excluding hydrogens is 344 g/mol. The molecule has 0 aliphatic carbocycles. The first-order valence-corrected chi connectivity index (χ1v) is 8.53. The van der Waals surface area contributed by atoms with Gasteiger partial charge in [-0.3, -0.25) is 10.1 Å². The van der Waals surface area contributed by atoms with E-state index < -0.39 is 0 Å². The summed E-state index contributed by atoms with van der Waals surface area (Å²) in [4.78, 5) is 17.6. The molecular formula is C18H15ClN2O2S. The average molecular weight is 359 g/mol. The van der Waals surface area contributed by atoms with E-state index in [2.05, 4.69) is 10.3 Å². The molecule has 0 atom stereocenters. The molecule has 2 aromatic carbocycles. The van der Waals surface area contributed by atoms with Crippen molar-refractivity contribution in [1.29, 1.82) is 0 Å². The van der Waals surface area contributed by atoms with Gasteiger partial charge >= 0.3 is 0 Å². The number of ether oxygens (including phenoxy) is 1. The molecule has 0 fully saturated rings. The molecule has 1 N–H and O–H groups in total. The normalized spacial score (nSPS) is 10.4. The number of amides is 1. The zero-order chi connectivity index (χ0) is 16.9. The summed E-state index contributed by atoms with van der Waals surface area (Å²) in [5.41, 5.74) is 1.90. The molecule has 3 aromatic rings. The van der Waals surface area contributed by atoms with Gasteiger partial charge in [0.1, 0.15) is 5.75 Å². The van der Waals surface area contributed by atoms with Gasteiger partial charge in [-0.1, -0.05) is 54.1 Å². The van der Waals surface area contributed by atoms with Crippen LogP contribution in [0.5, 0.6) is 5.75 Å². The number of thiazole rings is 1. The van der Waals surface area contributed by atoms with Crippen LogP contribution >= 0.6 is 22.9 Å². The number of aromatic nitrogens is 1. The molecule has 6 heteroatoms. The summed E-state index contributed by atoms with van der Waals surface area (Å²) in [6.07, 6.45) is 0. The SMILES string of the molecule is Cc1sc(NC(=O)COc2ccccc2Cl)nc1-c1ccccc1. The summed E-state index contributed by atoms with van der Waals surface area (Å²) in [6.45, 7) is 1.86.